The predicted octanol–water partition coefficient (Wildman–Crippen LogP) is 4.38. The molecule has 0 bridgehead atoms. The van der Waals surface area contributed by atoms with Crippen molar-refractivity contribution >= 4 is 28.6 Å². The molecule has 7 heteroatoms. The molecule has 2 aromatic carbocycles. The number of carbonyl (C=O) groups is 2. The number of hydrazone groups is 1. The summed E-state index contributed by atoms with van der Waals surface area (Å²) in [4.78, 5) is 25.7. The fraction of sp³-hybridized carbons (Fsp3) is 0.320. The van der Waals surface area contributed by atoms with Crippen LogP contribution < -0.4 is 10.7 Å². The molecule has 3 amide bonds. The standard InChI is InChI=1S/C25H28N4O3/c1-3-24(30)29-12-10-18(16-29)15-26-25(31)28-27-17(2)19-4-6-20(7-5-19)21-8-9-23-22(14-21)11-13-32-23/h4-9,11,13-14,18H,3,10,12,15-16H2,1-2H3,(H2,26,28,31)/b27-17+. The summed E-state index contributed by atoms with van der Waals surface area (Å²) >= 11 is 0. The lowest BCUT2D eigenvalue weighted by Gasteiger charge is -2.15. The monoisotopic (exact) mass is 432 g/mol. The molecular weight excluding hydrogens is 404 g/mol. The Bertz CT molecular complexity index is 1130. The third-order valence-electron chi connectivity index (χ3n) is 5.91. The molecule has 166 valence electrons. The molecule has 1 aromatic heterocycles. The van der Waals surface area contributed by atoms with Crippen molar-refractivity contribution in [2.24, 2.45) is 11.0 Å². The van der Waals surface area contributed by atoms with Gasteiger partial charge in [0.1, 0.15) is 5.58 Å². The molecule has 1 fully saturated rings. The normalized spacial score (nSPS) is 16.4. The molecule has 1 aliphatic rings. The molecule has 1 atom stereocenters. The molecule has 1 saturated heterocycles. The Hall–Kier alpha value is -3.61. The number of carbonyl (C=O) groups excluding carboxylic acids is 2. The summed E-state index contributed by atoms with van der Waals surface area (Å²) in [6, 6.07) is 15.8. The number of likely N-dealkylation sites (tertiary alicyclic amines) is 1. The zero-order valence-electron chi connectivity index (χ0n) is 18.4. The van der Waals surface area contributed by atoms with E-state index in [0.29, 0.717) is 19.5 Å². The molecule has 0 saturated carbocycles. The predicted molar refractivity (Wildman–Crippen MR) is 125 cm³/mol. The smallest absolute Gasteiger partial charge is 0.335 e. The molecule has 32 heavy (non-hydrogen) atoms. The molecule has 2 heterocycles. The van der Waals surface area contributed by atoms with E-state index in [9.17, 15) is 9.59 Å². The molecule has 7 nitrogen and oxygen atoms in total. The van der Waals surface area contributed by atoms with E-state index < -0.39 is 0 Å². The van der Waals surface area contributed by atoms with Crippen LogP contribution in [0.25, 0.3) is 22.1 Å². The summed E-state index contributed by atoms with van der Waals surface area (Å²) < 4.78 is 5.40. The van der Waals surface area contributed by atoms with Crippen molar-refractivity contribution in [1.82, 2.24) is 15.6 Å². The first-order valence-electron chi connectivity index (χ1n) is 11.0. The van der Waals surface area contributed by atoms with Gasteiger partial charge < -0.3 is 14.6 Å². The number of amides is 3. The Morgan fingerprint density at radius 1 is 1.12 bits per heavy atom. The van der Waals surface area contributed by atoms with Crippen molar-refractivity contribution in [2.45, 2.75) is 26.7 Å². The Labute approximate surface area is 187 Å². The lowest BCUT2D eigenvalue weighted by atomic mass is 10.0. The van der Waals surface area contributed by atoms with Crippen LogP contribution in [-0.4, -0.2) is 42.2 Å². The van der Waals surface area contributed by atoms with Gasteiger partial charge in [0.15, 0.2) is 0 Å². The van der Waals surface area contributed by atoms with Crippen LogP contribution in [0.15, 0.2) is 64.3 Å². The van der Waals surface area contributed by atoms with Crippen LogP contribution >= 0.6 is 0 Å². The Kier molecular flexibility index (Phi) is 6.54. The molecule has 3 aromatic rings. The van der Waals surface area contributed by atoms with E-state index in [1.165, 1.54) is 0 Å². The van der Waals surface area contributed by atoms with Gasteiger partial charge in [-0.05, 0) is 54.2 Å². The summed E-state index contributed by atoms with van der Waals surface area (Å²) in [6.45, 7) is 5.73. The zero-order chi connectivity index (χ0) is 22.5. The highest BCUT2D eigenvalue weighted by molar-refractivity contribution is 5.99. The van der Waals surface area contributed by atoms with Gasteiger partial charge in [0.05, 0.1) is 12.0 Å². The van der Waals surface area contributed by atoms with Gasteiger partial charge in [-0.1, -0.05) is 37.3 Å². The van der Waals surface area contributed by atoms with E-state index in [4.69, 9.17) is 4.42 Å². The Morgan fingerprint density at radius 2 is 1.91 bits per heavy atom. The number of fused-ring (bicyclic) bond motifs is 1. The lowest BCUT2D eigenvalue weighted by Crippen LogP contribution is -2.37. The number of nitrogens with zero attached hydrogens (tertiary/aromatic N) is 2. The van der Waals surface area contributed by atoms with Crippen molar-refractivity contribution in [3.8, 4) is 11.1 Å². The van der Waals surface area contributed by atoms with Gasteiger partial charge in [0.25, 0.3) is 0 Å². The van der Waals surface area contributed by atoms with Crippen molar-refractivity contribution in [2.75, 3.05) is 19.6 Å². The number of urea groups is 1. The first-order valence-corrected chi connectivity index (χ1v) is 11.0. The minimum atomic E-state index is -0.338. The van der Waals surface area contributed by atoms with Gasteiger partial charge in [0.2, 0.25) is 5.91 Å². The van der Waals surface area contributed by atoms with E-state index in [1.54, 1.807) is 6.26 Å². The highest BCUT2D eigenvalue weighted by atomic mass is 16.3. The number of nitrogens with one attached hydrogen (secondary N) is 2. The van der Waals surface area contributed by atoms with Crippen LogP contribution in [0.3, 0.4) is 0 Å². The van der Waals surface area contributed by atoms with E-state index in [2.05, 4.69) is 21.9 Å². The van der Waals surface area contributed by atoms with E-state index in [1.807, 2.05) is 61.2 Å². The molecule has 0 aliphatic carbocycles. The van der Waals surface area contributed by atoms with Crippen LogP contribution in [0, 0.1) is 5.92 Å². The summed E-state index contributed by atoms with van der Waals surface area (Å²) in [5.41, 5.74) is 7.30. The first kappa shape index (κ1) is 21.6. The summed E-state index contributed by atoms with van der Waals surface area (Å²) in [7, 11) is 0. The highest BCUT2D eigenvalue weighted by Crippen LogP contribution is 2.25. The minimum absolute atomic E-state index is 0.172. The maximum absolute atomic E-state index is 12.1. The number of hydrogen-bond acceptors (Lipinski definition) is 4. The van der Waals surface area contributed by atoms with Gasteiger partial charge in [-0.3, -0.25) is 4.79 Å². The SMILES string of the molecule is CCC(=O)N1CCC(CNC(=O)N/N=C(\C)c2ccc(-c3ccc4occc4c3)cc2)C1. The van der Waals surface area contributed by atoms with Crippen LogP contribution in [0.2, 0.25) is 0 Å². The van der Waals surface area contributed by atoms with Crippen LogP contribution in [0.5, 0.6) is 0 Å². The second-order valence-electron chi connectivity index (χ2n) is 8.12. The maximum Gasteiger partial charge on any atom is 0.335 e. The molecule has 0 radical (unpaired) electrons. The van der Waals surface area contributed by atoms with E-state index >= 15 is 0 Å². The number of hydrogen-bond donors (Lipinski definition) is 2. The molecule has 1 unspecified atom stereocenters. The minimum Gasteiger partial charge on any atom is -0.464 e. The third-order valence-corrected chi connectivity index (χ3v) is 5.91. The lowest BCUT2D eigenvalue weighted by molar-refractivity contribution is -0.129. The summed E-state index contributed by atoms with van der Waals surface area (Å²) in [6.07, 6.45) is 3.12. The molecular formula is C25H28N4O3. The number of rotatable bonds is 6. The number of furan rings is 1. The largest absolute Gasteiger partial charge is 0.464 e. The quantitative estimate of drug-likeness (QED) is 0.448. The van der Waals surface area contributed by atoms with Crippen LogP contribution in [0.4, 0.5) is 4.79 Å². The van der Waals surface area contributed by atoms with Crippen LogP contribution in [0.1, 0.15) is 32.3 Å². The topological polar surface area (TPSA) is 86.9 Å². The first-order chi connectivity index (χ1) is 15.5. The number of benzene rings is 2. The van der Waals surface area contributed by atoms with Gasteiger partial charge in [-0.25, -0.2) is 10.2 Å². The van der Waals surface area contributed by atoms with Crippen molar-refractivity contribution < 1.29 is 14.0 Å². The second-order valence-corrected chi connectivity index (χ2v) is 8.12. The zero-order valence-corrected chi connectivity index (χ0v) is 18.4. The van der Waals surface area contributed by atoms with Gasteiger partial charge in [-0.2, -0.15) is 5.10 Å². The second kappa shape index (κ2) is 9.68. The average Bonchev–Trinajstić information content (AvgIpc) is 3.50. The molecule has 4 rings (SSSR count). The van der Waals surface area contributed by atoms with Gasteiger partial charge in [0, 0.05) is 31.4 Å². The fourth-order valence-electron chi connectivity index (χ4n) is 3.98. The average molecular weight is 433 g/mol. The fourth-order valence-corrected chi connectivity index (χ4v) is 3.98. The van der Waals surface area contributed by atoms with Gasteiger partial charge in [-0.15, -0.1) is 0 Å². The van der Waals surface area contributed by atoms with E-state index in [-0.39, 0.29) is 17.9 Å². The van der Waals surface area contributed by atoms with Crippen LogP contribution in [-0.2, 0) is 4.79 Å². The highest BCUT2D eigenvalue weighted by Gasteiger charge is 2.25. The molecule has 0 spiro atoms. The Balaban J connectivity index is 1.29. The summed E-state index contributed by atoms with van der Waals surface area (Å²) in [5.74, 6) is 0.459. The van der Waals surface area contributed by atoms with Crippen molar-refractivity contribution in [1.29, 1.82) is 0 Å². The maximum atomic E-state index is 12.1. The van der Waals surface area contributed by atoms with E-state index in [0.717, 1.165) is 46.3 Å². The van der Waals surface area contributed by atoms with Gasteiger partial charge >= 0.3 is 6.03 Å². The molecule has 1 aliphatic heterocycles. The van der Waals surface area contributed by atoms with Crippen molar-refractivity contribution in [3.63, 3.8) is 0 Å². The summed E-state index contributed by atoms with van der Waals surface area (Å²) in [5, 5.41) is 8.13. The molecule has 2 N–H and O–H groups in total. The Morgan fingerprint density at radius 3 is 2.69 bits per heavy atom. The van der Waals surface area contributed by atoms with Crippen molar-refractivity contribution in [3.05, 3.63) is 60.4 Å². The third kappa shape index (κ3) is 4.99.